The summed E-state index contributed by atoms with van der Waals surface area (Å²) < 4.78 is 5.36. The maximum Gasteiger partial charge on any atom is 0.315 e. The zero-order valence-electron chi connectivity index (χ0n) is 18.9. The van der Waals surface area contributed by atoms with E-state index in [9.17, 15) is 30.1 Å². The first-order chi connectivity index (χ1) is 15.6. The largest absolute Gasteiger partial charge is 0.465 e. The normalized spacial score (nSPS) is 27.2. The van der Waals surface area contributed by atoms with Gasteiger partial charge in [-0.25, -0.2) is 0 Å². The van der Waals surface area contributed by atoms with Gasteiger partial charge in [-0.3, -0.25) is 30.4 Å². The highest BCUT2D eigenvalue weighted by Crippen LogP contribution is 2.57. The van der Waals surface area contributed by atoms with Crippen LogP contribution in [0, 0.1) is 31.6 Å². The van der Waals surface area contributed by atoms with E-state index in [2.05, 4.69) is 10.5 Å². The van der Waals surface area contributed by atoms with Gasteiger partial charge < -0.3 is 9.84 Å². The van der Waals surface area contributed by atoms with Crippen LogP contribution in [0.3, 0.4) is 0 Å². The smallest absolute Gasteiger partial charge is 0.315 e. The van der Waals surface area contributed by atoms with Crippen molar-refractivity contribution in [2.24, 2.45) is 16.4 Å². The second-order valence-corrected chi connectivity index (χ2v) is 8.65. The van der Waals surface area contributed by atoms with Crippen molar-refractivity contribution < 1.29 is 24.5 Å². The number of allylic oxidation sites excluding steroid dienone is 2. The molecule has 1 aromatic rings. The summed E-state index contributed by atoms with van der Waals surface area (Å²) in [5.74, 6) is -0.890. The fourth-order valence-corrected chi connectivity index (χ4v) is 5.00. The van der Waals surface area contributed by atoms with Crippen molar-refractivity contribution in [3.05, 3.63) is 50.1 Å². The summed E-state index contributed by atoms with van der Waals surface area (Å²) in [6, 6.07) is 3.23. The third kappa shape index (κ3) is 4.32. The number of rotatable bonds is 7. The molecule has 1 saturated carbocycles. The van der Waals surface area contributed by atoms with Gasteiger partial charge in [0, 0.05) is 17.7 Å². The average Bonchev–Trinajstić information content (AvgIpc) is 3.00. The number of nitro groups is 2. The van der Waals surface area contributed by atoms with Crippen molar-refractivity contribution >= 4 is 28.7 Å². The van der Waals surface area contributed by atoms with Gasteiger partial charge in [0.25, 0.3) is 5.69 Å². The molecule has 11 heteroatoms. The molecule has 2 aliphatic carbocycles. The fraction of sp³-hybridized carbons (Fsp3) is 0.545. The maximum atomic E-state index is 13.0. The molecule has 3 atom stereocenters. The number of hydrogen-bond donors (Lipinski definition) is 2. The number of fused-ring (bicyclic) bond motifs is 1. The molecule has 3 rings (SSSR count). The summed E-state index contributed by atoms with van der Waals surface area (Å²) in [4.78, 5) is 33.9. The van der Waals surface area contributed by atoms with E-state index >= 15 is 0 Å². The number of hydrogen-bond acceptors (Lipinski definition) is 9. The Kier molecular flexibility index (Phi) is 6.82. The Bertz CT molecular complexity index is 1040. The minimum Gasteiger partial charge on any atom is -0.465 e. The molecule has 0 aromatic heterocycles. The minimum atomic E-state index is -1.38. The van der Waals surface area contributed by atoms with Crippen LogP contribution in [-0.2, 0) is 9.53 Å². The first-order valence-electron chi connectivity index (χ1n) is 10.8. The lowest BCUT2D eigenvalue weighted by atomic mass is 9.67. The van der Waals surface area contributed by atoms with Crippen molar-refractivity contribution in [2.75, 3.05) is 12.0 Å². The number of nitrogens with zero attached hydrogens (tertiary/aromatic N) is 3. The number of ether oxygens (including phenoxy) is 1. The van der Waals surface area contributed by atoms with Gasteiger partial charge >= 0.3 is 11.7 Å². The number of benzene rings is 1. The van der Waals surface area contributed by atoms with Crippen LogP contribution in [0.2, 0.25) is 0 Å². The van der Waals surface area contributed by atoms with Gasteiger partial charge in [-0.05, 0) is 58.9 Å². The molecule has 0 amide bonds. The summed E-state index contributed by atoms with van der Waals surface area (Å²) in [5, 5.41) is 38.5. The quantitative estimate of drug-likeness (QED) is 0.202. The lowest BCUT2D eigenvalue weighted by Crippen LogP contribution is -2.54. The molecule has 1 fully saturated rings. The molecule has 0 aliphatic heterocycles. The van der Waals surface area contributed by atoms with Crippen molar-refractivity contribution in [3.8, 4) is 0 Å². The number of non-ortho nitro benzene ring substituents is 1. The van der Waals surface area contributed by atoms with Crippen molar-refractivity contribution in [3.63, 3.8) is 0 Å². The van der Waals surface area contributed by atoms with Crippen LogP contribution in [-0.4, -0.2) is 38.8 Å². The lowest BCUT2D eigenvalue weighted by molar-refractivity contribution is -0.393. The van der Waals surface area contributed by atoms with Crippen LogP contribution in [0.4, 0.5) is 17.1 Å². The summed E-state index contributed by atoms with van der Waals surface area (Å²) >= 11 is 0. The number of carbonyl (C=O) groups excluding carboxylic acids is 1. The molecular formula is C22H28N4O7. The standard InChI is InChI=1S/C22H28N4O7/c1-4-33-20(27)21-10-7-14(2)8-12-22(21,28)17(9-11-21)15(3)23-24-18-6-5-16(25(29)30)13-19(18)26(31)32/h5-7,13,17,24,28H,4,8-12H2,1-3H3. The van der Waals surface area contributed by atoms with E-state index in [0.717, 1.165) is 17.7 Å². The number of aliphatic hydroxyl groups is 1. The van der Waals surface area contributed by atoms with Crippen LogP contribution in [0.1, 0.15) is 52.9 Å². The Morgan fingerprint density at radius 1 is 1.30 bits per heavy atom. The SMILES string of the molecule is CCOC(=O)C12CC=C(C)CCC1(O)C(C(C)=NNc1ccc([N+](=O)[O-])cc1[N+](=O)[O-])CC2. The van der Waals surface area contributed by atoms with E-state index < -0.39 is 44.1 Å². The van der Waals surface area contributed by atoms with E-state index in [0.29, 0.717) is 37.8 Å². The predicted octanol–water partition coefficient (Wildman–Crippen LogP) is 4.11. The summed E-state index contributed by atoms with van der Waals surface area (Å²) in [5.41, 5.74) is 0.834. The number of esters is 1. The third-order valence-electron chi connectivity index (χ3n) is 6.88. The van der Waals surface area contributed by atoms with Gasteiger partial charge in [0.1, 0.15) is 11.1 Å². The number of carbonyl (C=O) groups is 1. The first kappa shape index (κ1) is 24.3. The van der Waals surface area contributed by atoms with Crippen molar-refractivity contribution in [1.29, 1.82) is 0 Å². The summed E-state index contributed by atoms with van der Waals surface area (Å²) in [6.45, 7) is 5.60. The van der Waals surface area contributed by atoms with Gasteiger partial charge in [0.2, 0.25) is 0 Å². The molecule has 3 unspecified atom stereocenters. The van der Waals surface area contributed by atoms with Gasteiger partial charge in [-0.2, -0.15) is 5.10 Å². The molecule has 11 nitrogen and oxygen atoms in total. The van der Waals surface area contributed by atoms with E-state index in [1.54, 1.807) is 13.8 Å². The highest BCUT2D eigenvalue weighted by atomic mass is 16.6. The highest BCUT2D eigenvalue weighted by molar-refractivity contribution is 5.90. The van der Waals surface area contributed by atoms with E-state index in [4.69, 9.17) is 4.74 Å². The number of hydrazone groups is 1. The number of anilines is 1. The number of nitro benzene ring substituents is 2. The molecule has 178 valence electrons. The fourth-order valence-electron chi connectivity index (χ4n) is 5.00. The van der Waals surface area contributed by atoms with E-state index in [1.165, 1.54) is 6.07 Å². The number of nitrogens with one attached hydrogen (secondary N) is 1. The maximum absolute atomic E-state index is 13.0. The summed E-state index contributed by atoms with van der Waals surface area (Å²) in [7, 11) is 0. The van der Waals surface area contributed by atoms with Gasteiger partial charge in [-0.15, -0.1) is 0 Å². The molecule has 1 aromatic carbocycles. The van der Waals surface area contributed by atoms with E-state index in [1.807, 2.05) is 13.0 Å². The Hall–Kier alpha value is -3.34. The Morgan fingerprint density at radius 2 is 2.03 bits per heavy atom. The van der Waals surface area contributed by atoms with Crippen LogP contribution in [0.15, 0.2) is 34.9 Å². The molecule has 2 aliphatic rings. The summed E-state index contributed by atoms with van der Waals surface area (Å²) in [6.07, 6.45) is 4.29. The molecule has 0 bridgehead atoms. The van der Waals surface area contributed by atoms with Gasteiger partial charge in [-0.1, -0.05) is 11.6 Å². The van der Waals surface area contributed by atoms with E-state index in [-0.39, 0.29) is 12.3 Å². The molecular weight excluding hydrogens is 432 g/mol. The molecule has 0 spiro atoms. The van der Waals surface area contributed by atoms with Crippen molar-refractivity contribution in [1.82, 2.24) is 0 Å². The second-order valence-electron chi connectivity index (χ2n) is 8.65. The van der Waals surface area contributed by atoms with Crippen molar-refractivity contribution in [2.45, 2.75) is 58.5 Å². The van der Waals surface area contributed by atoms with Crippen LogP contribution in [0.25, 0.3) is 0 Å². The van der Waals surface area contributed by atoms with Gasteiger partial charge in [0.05, 0.1) is 28.1 Å². The molecule has 0 radical (unpaired) electrons. The Balaban J connectivity index is 1.93. The second kappa shape index (κ2) is 9.26. The average molecular weight is 460 g/mol. The Labute approximate surface area is 190 Å². The van der Waals surface area contributed by atoms with Crippen LogP contribution < -0.4 is 5.43 Å². The molecule has 2 N–H and O–H groups in total. The zero-order chi connectivity index (χ0) is 24.4. The lowest BCUT2D eigenvalue weighted by Gasteiger charge is -2.42. The highest BCUT2D eigenvalue weighted by Gasteiger charge is 2.64. The van der Waals surface area contributed by atoms with Crippen LogP contribution in [0.5, 0.6) is 0 Å². The first-order valence-corrected chi connectivity index (χ1v) is 10.8. The minimum absolute atomic E-state index is 0.00929. The monoisotopic (exact) mass is 460 g/mol. The predicted molar refractivity (Wildman–Crippen MR) is 121 cm³/mol. The third-order valence-corrected chi connectivity index (χ3v) is 6.88. The Morgan fingerprint density at radius 3 is 2.67 bits per heavy atom. The molecule has 0 heterocycles. The topological polar surface area (TPSA) is 157 Å². The zero-order valence-corrected chi connectivity index (χ0v) is 18.9. The van der Waals surface area contributed by atoms with Crippen LogP contribution >= 0.6 is 0 Å². The van der Waals surface area contributed by atoms with Gasteiger partial charge in [0.15, 0.2) is 0 Å². The molecule has 0 saturated heterocycles. The molecule has 33 heavy (non-hydrogen) atoms.